The number of nitrogen functional groups attached to an aromatic ring is 1. The zero-order valence-electron chi connectivity index (χ0n) is 17.2. The minimum atomic E-state index is -1.57. The molecule has 0 aliphatic heterocycles. The topological polar surface area (TPSA) is 192 Å². The SMILES string of the molecule is Nc1ccc(O)cc1.O=C([O-])c1cc(N=Nc2ccc(O)c(C(=O)[O-])c2)ccc1O.[Na+].[Na+]. The van der Waals surface area contributed by atoms with Gasteiger partial charge in [0.05, 0.1) is 23.3 Å². The van der Waals surface area contributed by atoms with Crippen LogP contribution in [0.3, 0.4) is 0 Å². The van der Waals surface area contributed by atoms with Crippen molar-refractivity contribution in [1.82, 2.24) is 0 Å². The monoisotopic (exact) mass is 455 g/mol. The largest absolute Gasteiger partial charge is 1.00 e. The van der Waals surface area contributed by atoms with Gasteiger partial charge in [0.2, 0.25) is 0 Å². The maximum Gasteiger partial charge on any atom is 1.00 e. The van der Waals surface area contributed by atoms with Crippen molar-refractivity contribution in [2.24, 2.45) is 10.2 Å². The van der Waals surface area contributed by atoms with E-state index in [1.54, 1.807) is 24.3 Å². The van der Waals surface area contributed by atoms with Gasteiger partial charge in [0.25, 0.3) is 0 Å². The van der Waals surface area contributed by atoms with E-state index < -0.39 is 34.6 Å². The van der Waals surface area contributed by atoms with E-state index in [4.69, 9.17) is 10.8 Å². The molecular formula is C20H15N3Na2O7. The third-order valence-electron chi connectivity index (χ3n) is 3.57. The Balaban J connectivity index is 0.000000816. The molecule has 5 N–H and O–H groups in total. The number of nitrogens with two attached hydrogens (primary N) is 1. The minimum absolute atomic E-state index is 0. The van der Waals surface area contributed by atoms with Gasteiger partial charge in [-0.1, -0.05) is 0 Å². The average Bonchev–Trinajstić information content (AvgIpc) is 2.70. The van der Waals surface area contributed by atoms with Crippen LogP contribution >= 0.6 is 0 Å². The number of carbonyl (C=O) groups excluding carboxylic acids is 2. The predicted octanol–water partition coefficient (Wildman–Crippen LogP) is -4.78. The maximum atomic E-state index is 10.8. The molecule has 3 rings (SSSR count). The molecule has 0 amide bonds. The van der Waals surface area contributed by atoms with Crippen LogP contribution in [-0.2, 0) is 0 Å². The molecule has 10 nitrogen and oxygen atoms in total. The van der Waals surface area contributed by atoms with E-state index in [-0.39, 0.29) is 76.2 Å². The summed E-state index contributed by atoms with van der Waals surface area (Å²) in [4.78, 5) is 21.5. The van der Waals surface area contributed by atoms with Gasteiger partial charge in [-0.2, -0.15) is 10.2 Å². The van der Waals surface area contributed by atoms with Crippen molar-refractivity contribution in [3.8, 4) is 17.2 Å². The molecule has 12 heteroatoms. The van der Waals surface area contributed by atoms with Crippen LogP contribution < -0.4 is 75.1 Å². The van der Waals surface area contributed by atoms with Gasteiger partial charge in [-0.05, 0) is 60.7 Å². The first kappa shape index (κ1) is 29.4. The van der Waals surface area contributed by atoms with Gasteiger partial charge in [0.15, 0.2) is 0 Å². The first-order chi connectivity index (χ1) is 14.2. The predicted molar refractivity (Wildman–Crippen MR) is 102 cm³/mol. The van der Waals surface area contributed by atoms with Crippen LogP contribution in [0.2, 0.25) is 0 Å². The quantitative estimate of drug-likeness (QED) is 0.130. The number of carboxylic acid groups (broad SMARTS) is 2. The molecule has 0 spiro atoms. The Morgan fingerprint density at radius 1 is 0.688 bits per heavy atom. The number of carboxylic acids is 2. The minimum Gasteiger partial charge on any atom is -0.545 e. The van der Waals surface area contributed by atoms with Gasteiger partial charge in [0.1, 0.15) is 17.2 Å². The standard InChI is InChI=1S/C14H10N2O6.C6H7NO.2Na/c17-11-3-1-7(5-9(11)13(19)20)15-16-8-2-4-12(18)10(6-8)14(21)22;7-5-1-3-6(8)4-2-5;;/h1-6,17-18H,(H,19,20)(H,21,22);1-4,8H,7H2;;/q;;2*+1/p-2. The molecule has 0 atom stereocenters. The first-order valence-electron chi connectivity index (χ1n) is 8.22. The van der Waals surface area contributed by atoms with Gasteiger partial charge in [0, 0.05) is 16.8 Å². The molecule has 0 unspecified atom stereocenters. The Morgan fingerprint density at radius 2 is 1.06 bits per heavy atom. The average molecular weight is 455 g/mol. The van der Waals surface area contributed by atoms with Gasteiger partial charge in [-0.3, -0.25) is 0 Å². The van der Waals surface area contributed by atoms with E-state index in [1.165, 1.54) is 12.1 Å². The summed E-state index contributed by atoms with van der Waals surface area (Å²) < 4.78 is 0. The van der Waals surface area contributed by atoms with Crippen molar-refractivity contribution in [3.05, 3.63) is 71.8 Å². The number of aromatic hydroxyl groups is 3. The fourth-order valence-corrected chi connectivity index (χ4v) is 2.09. The Hall–Kier alpha value is -2.60. The van der Waals surface area contributed by atoms with Crippen LogP contribution in [0.25, 0.3) is 0 Å². The molecule has 154 valence electrons. The van der Waals surface area contributed by atoms with Gasteiger partial charge < -0.3 is 40.9 Å². The molecule has 0 fully saturated rings. The summed E-state index contributed by atoms with van der Waals surface area (Å²) in [5.41, 5.74) is 5.31. The third-order valence-corrected chi connectivity index (χ3v) is 3.57. The summed E-state index contributed by atoms with van der Waals surface area (Å²) in [5, 5.41) is 56.3. The molecule has 0 radical (unpaired) electrons. The van der Waals surface area contributed by atoms with Crippen molar-refractivity contribution in [1.29, 1.82) is 0 Å². The van der Waals surface area contributed by atoms with Crippen molar-refractivity contribution >= 4 is 29.0 Å². The van der Waals surface area contributed by atoms with Crippen molar-refractivity contribution in [3.63, 3.8) is 0 Å². The smallest absolute Gasteiger partial charge is 0.545 e. The molecular weight excluding hydrogens is 440 g/mol. The van der Waals surface area contributed by atoms with Gasteiger partial charge in [-0.25, -0.2) is 0 Å². The van der Waals surface area contributed by atoms with Crippen LogP contribution in [0.15, 0.2) is 70.9 Å². The number of aromatic carboxylic acids is 2. The van der Waals surface area contributed by atoms with E-state index in [1.807, 2.05) is 0 Å². The molecule has 32 heavy (non-hydrogen) atoms. The van der Waals surface area contributed by atoms with Crippen LogP contribution in [0.4, 0.5) is 17.1 Å². The molecule has 0 saturated carbocycles. The number of rotatable bonds is 4. The third kappa shape index (κ3) is 8.87. The summed E-state index contributed by atoms with van der Waals surface area (Å²) >= 11 is 0. The number of carbonyl (C=O) groups is 2. The number of phenols is 3. The second-order valence-electron chi connectivity index (χ2n) is 5.77. The fraction of sp³-hybridized carbons (Fsp3) is 0. The second kappa shape index (κ2) is 13.7. The maximum absolute atomic E-state index is 10.8. The number of hydrogen-bond acceptors (Lipinski definition) is 10. The molecule has 3 aromatic carbocycles. The van der Waals surface area contributed by atoms with E-state index >= 15 is 0 Å². The molecule has 0 heterocycles. The molecule has 3 aromatic rings. The molecule has 0 aliphatic rings. The zero-order chi connectivity index (χ0) is 22.3. The summed E-state index contributed by atoms with van der Waals surface area (Å²) in [6.07, 6.45) is 0. The Morgan fingerprint density at radius 3 is 1.38 bits per heavy atom. The van der Waals surface area contributed by atoms with E-state index in [9.17, 15) is 30.0 Å². The number of phenolic OH excluding ortho intramolecular Hbond substituents is 1. The summed E-state index contributed by atoms with van der Waals surface area (Å²) in [6, 6.07) is 13.3. The Bertz CT molecular complexity index is 1020. The fourth-order valence-electron chi connectivity index (χ4n) is 2.09. The number of nitrogens with zero attached hydrogens (tertiary/aromatic N) is 2. The van der Waals surface area contributed by atoms with Gasteiger partial charge >= 0.3 is 59.1 Å². The van der Waals surface area contributed by atoms with Crippen molar-refractivity contribution < 1.29 is 94.2 Å². The molecule has 0 saturated heterocycles. The van der Waals surface area contributed by atoms with E-state index in [2.05, 4.69) is 10.2 Å². The van der Waals surface area contributed by atoms with Crippen LogP contribution in [0, 0.1) is 0 Å². The van der Waals surface area contributed by atoms with Gasteiger partial charge in [-0.15, -0.1) is 0 Å². The summed E-state index contributed by atoms with van der Waals surface area (Å²) in [7, 11) is 0. The number of hydrogen-bond donors (Lipinski definition) is 4. The normalized spacial score (nSPS) is 9.62. The summed E-state index contributed by atoms with van der Waals surface area (Å²) in [6.45, 7) is 0. The first-order valence-corrected chi connectivity index (χ1v) is 8.22. The molecule has 0 bridgehead atoms. The van der Waals surface area contributed by atoms with Crippen molar-refractivity contribution in [2.75, 3.05) is 5.73 Å². The number of azo groups is 1. The summed E-state index contributed by atoms with van der Waals surface area (Å²) in [5.74, 6) is -3.83. The molecule has 0 aliphatic carbocycles. The number of benzene rings is 3. The zero-order valence-corrected chi connectivity index (χ0v) is 21.2. The number of anilines is 1. The van der Waals surface area contributed by atoms with Crippen molar-refractivity contribution in [2.45, 2.75) is 0 Å². The van der Waals surface area contributed by atoms with Crippen LogP contribution in [0.1, 0.15) is 20.7 Å². The molecule has 0 aromatic heterocycles. The van der Waals surface area contributed by atoms with Crippen LogP contribution in [0.5, 0.6) is 17.2 Å². The van der Waals surface area contributed by atoms with E-state index in [0.717, 1.165) is 24.3 Å². The Kier molecular flexibility index (Phi) is 12.6. The second-order valence-corrected chi connectivity index (χ2v) is 5.77. The Labute approximate surface area is 226 Å². The van der Waals surface area contributed by atoms with Crippen LogP contribution in [-0.4, -0.2) is 27.3 Å². The van der Waals surface area contributed by atoms with E-state index in [0.29, 0.717) is 5.69 Å².